The highest BCUT2D eigenvalue weighted by Gasteiger charge is 2.15. The van der Waals surface area contributed by atoms with Crippen molar-refractivity contribution >= 4 is 33.9 Å². The van der Waals surface area contributed by atoms with Crippen LogP contribution in [0.5, 0.6) is 11.5 Å². The number of H-pyrrole nitrogens is 1. The molecule has 0 aliphatic heterocycles. The van der Waals surface area contributed by atoms with Crippen molar-refractivity contribution < 1.29 is 9.47 Å². The van der Waals surface area contributed by atoms with Crippen molar-refractivity contribution in [2.24, 2.45) is 0 Å². The van der Waals surface area contributed by atoms with Gasteiger partial charge in [-0.25, -0.2) is 0 Å². The first-order chi connectivity index (χ1) is 17.0. The van der Waals surface area contributed by atoms with Crippen molar-refractivity contribution in [2.75, 3.05) is 45.2 Å². The number of hydrogen-bond acceptors (Lipinski definition) is 5. The fourth-order valence-electron chi connectivity index (χ4n) is 3.96. The zero-order valence-corrected chi connectivity index (χ0v) is 21.9. The average Bonchev–Trinajstić information content (AvgIpc) is 2.87. The Bertz CT molecular complexity index is 1160. The number of aromatic amines is 1. The molecule has 0 spiro atoms. The van der Waals surface area contributed by atoms with Gasteiger partial charge in [-0.3, -0.25) is 4.79 Å². The van der Waals surface area contributed by atoms with Gasteiger partial charge in [-0.05, 0) is 93.0 Å². The number of methoxy groups -OCH3 is 1. The van der Waals surface area contributed by atoms with Gasteiger partial charge in [-0.1, -0.05) is 13.8 Å². The van der Waals surface area contributed by atoms with Crippen LogP contribution in [0.3, 0.4) is 0 Å². The first-order valence-electron chi connectivity index (χ1n) is 12.2. The number of pyridine rings is 1. The normalized spacial score (nSPS) is 11.0. The fraction of sp³-hybridized carbons (Fsp3) is 0.407. The Balaban J connectivity index is 1.79. The second-order valence-corrected chi connectivity index (χ2v) is 8.65. The van der Waals surface area contributed by atoms with Gasteiger partial charge < -0.3 is 29.6 Å². The Morgan fingerprint density at radius 1 is 1.00 bits per heavy atom. The largest absolute Gasteiger partial charge is 0.497 e. The van der Waals surface area contributed by atoms with E-state index in [2.05, 4.69) is 33.9 Å². The molecule has 0 unspecified atom stereocenters. The summed E-state index contributed by atoms with van der Waals surface area (Å²) in [7, 11) is 1.61. The summed E-state index contributed by atoms with van der Waals surface area (Å²) in [5, 5.41) is 4.87. The molecular weight excluding hydrogens is 460 g/mol. The lowest BCUT2D eigenvalue weighted by molar-refractivity contribution is 0.281. The number of nitrogens with one attached hydrogen (secondary N) is 2. The minimum atomic E-state index is -0.122. The van der Waals surface area contributed by atoms with Gasteiger partial charge in [0.25, 0.3) is 5.56 Å². The zero-order chi connectivity index (χ0) is 25.2. The fourth-order valence-corrected chi connectivity index (χ4v) is 4.23. The highest BCUT2D eigenvalue weighted by atomic mass is 32.1. The van der Waals surface area contributed by atoms with Crippen LogP contribution in [0.2, 0.25) is 0 Å². The monoisotopic (exact) mass is 496 g/mol. The first-order valence-corrected chi connectivity index (χ1v) is 12.6. The lowest BCUT2D eigenvalue weighted by Gasteiger charge is -2.27. The summed E-state index contributed by atoms with van der Waals surface area (Å²) in [6, 6.07) is 15.3. The summed E-state index contributed by atoms with van der Waals surface area (Å²) < 4.78 is 10.8. The highest BCUT2D eigenvalue weighted by molar-refractivity contribution is 7.80. The quantitative estimate of drug-likeness (QED) is 0.347. The summed E-state index contributed by atoms with van der Waals surface area (Å²) in [5.41, 5.74) is 2.18. The number of aromatic nitrogens is 1. The Morgan fingerprint density at radius 3 is 2.37 bits per heavy atom. The molecule has 0 aliphatic carbocycles. The molecule has 8 heteroatoms. The van der Waals surface area contributed by atoms with Crippen LogP contribution < -0.4 is 20.3 Å². The molecule has 0 aliphatic rings. The van der Waals surface area contributed by atoms with Crippen molar-refractivity contribution in [1.82, 2.24) is 14.8 Å². The Hall–Kier alpha value is -3.10. The molecule has 1 aromatic heterocycles. The van der Waals surface area contributed by atoms with Crippen LogP contribution in [0.25, 0.3) is 10.9 Å². The molecule has 2 aromatic carbocycles. The Kier molecular flexibility index (Phi) is 9.93. The lowest BCUT2D eigenvalue weighted by Crippen LogP contribution is -2.38. The predicted molar refractivity (Wildman–Crippen MR) is 148 cm³/mol. The van der Waals surface area contributed by atoms with Crippen LogP contribution >= 0.6 is 12.2 Å². The summed E-state index contributed by atoms with van der Waals surface area (Å²) in [6.45, 7) is 11.1. The van der Waals surface area contributed by atoms with E-state index < -0.39 is 0 Å². The predicted octanol–water partition coefficient (Wildman–Crippen LogP) is 4.87. The molecule has 0 fully saturated rings. The van der Waals surface area contributed by atoms with Crippen LogP contribution in [0.4, 0.5) is 5.69 Å². The van der Waals surface area contributed by atoms with E-state index in [0.717, 1.165) is 54.9 Å². The molecule has 188 valence electrons. The number of benzene rings is 2. The molecule has 0 atom stereocenters. The maximum absolute atomic E-state index is 12.9. The van der Waals surface area contributed by atoms with Gasteiger partial charge in [-0.2, -0.15) is 0 Å². The van der Waals surface area contributed by atoms with Crippen molar-refractivity contribution in [3.63, 3.8) is 0 Å². The van der Waals surface area contributed by atoms with E-state index in [1.165, 1.54) is 0 Å². The number of hydrogen-bond donors (Lipinski definition) is 2. The van der Waals surface area contributed by atoms with Gasteiger partial charge in [0.05, 0.1) is 25.8 Å². The van der Waals surface area contributed by atoms with Crippen LogP contribution in [0, 0.1) is 0 Å². The molecule has 0 bridgehead atoms. The molecule has 0 amide bonds. The molecule has 2 N–H and O–H groups in total. The van der Waals surface area contributed by atoms with Gasteiger partial charge in [-0.15, -0.1) is 0 Å². The summed E-state index contributed by atoms with van der Waals surface area (Å²) in [6.07, 6.45) is 0.940. The Morgan fingerprint density at radius 2 is 1.71 bits per heavy atom. The van der Waals surface area contributed by atoms with Crippen LogP contribution in [-0.4, -0.2) is 59.8 Å². The maximum atomic E-state index is 12.9. The van der Waals surface area contributed by atoms with Crippen LogP contribution in [-0.2, 0) is 6.54 Å². The van der Waals surface area contributed by atoms with Crippen LogP contribution in [0.15, 0.2) is 53.3 Å². The number of ether oxygens (including phenoxy) is 2. The lowest BCUT2D eigenvalue weighted by atomic mass is 10.1. The van der Waals surface area contributed by atoms with Gasteiger partial charge in [0.2, 0.25) is 0 Å². The smallest absolute Gasteiger partial charge is 0.253 e. The van der Waals surface area contributed by atoms with Gasteiger partial charge >= 0.3 is 0 Å². The van der Waals surface area contributed by atoms with Gasteiger partial charge in [0, 0.05) is 23.9 Å². The maximum Gasteiger partial charge on any atom is 0.253 e. The number of rotatable bonds is 12. The standard InChI is InChI=1S/C27H36N4O3S/c1-5-30(6-2)15-8-16-31(27(35)28-22-10-13-23(14-11-22)34-7-3)19-21-17-20-9-12-24(33-4)18-25(20)29-26(21)32/h9-14,17-18H,5-8,15-16,19H2,1-4H3,(H,28,35)(H,29,32). The van der Waals surface area contributed by atoms with E-state index in [0.29, 0.717) is 29.6 Å². The first kappa shape index (κ1) is 26.5. The number of anilines is 1. The molecule has 3 rings (SSSR count). The third kappa shape index (κ3) is 7.44. The van der Waals surface area contributed by atoms with E-state index >= 15 is 0 Å². The number of fused-ring (bicyclic) bond motifs is 1. The minimum absolute atomic E-state index is 0.122. The van der Waals surface area contributed by atoms with Gasteiger partial charge in [0.15, 0.2) is 5.11 Å². The molecule has 7 nitrogen and oxygen atoms in total. The van der Waals surface area contributed by atoms with E-state index in [4.69, 9.17) is 21.7 Å². The topological polar surface area (TPSA) is 69.8 Å². The zero-order valence-electron chi connectivity index (χ0n) is 21.1. The highest BCUT2D eigenvalue weighted by Crippen LogP contribution is 2.20. The summed E-state index contributed by atoms with van der Waals surface area (Å²) in [5.74, 6) is 1.53. The number of thiocarbonyl (C=S) groups is 1. The van der Waals surface area contributed by atoms with E-state index in [9.17, 15) is 4.79 Å². The molecule has 1 heterocycles. The molecular formula is C27H36N4O3S. The minimum Gasteiger partial charge on any atom is -0.497 e. The average molecular weight is 497 g/mol. The van der Waals surface area contributed by atoms with E-state index in [1.807, 2.05) is 55.5 Å². The third-order valence-corrected chi connectivity index (χ3v) is 6.35. The van der Waals surface area contributed by atoms with E-state index in [1.54, 1.807) is 7.11 Å². The molecule has 3 aromatic rings. The Labute approximate surface area is 213 Å². The van der Waals surface area contributed by atoms with Crippen molar-refractivity contribution in [1.29, 1.82) is 0 Å². The van der Waals surface area contributed by atoms with Gasteiger partial charge in [0.1, 0.15) is 11.5 Å². The molecule has 35 heavy (non-hydrogen) atoms. The third-order valence-electron chi connectivity index (χ3n) is 5.99. The van der Waals surface area contributed by atoms with Crippen molar-refractivity contribution in [2.45, 2.75) is 33.7 Å². The van der Waals surface area contributed by atoms with Crippen LogP contribution in [0.1, 0.15) is 32.8 Å². The summed E-state index contributed by atoms with van der Waals surface area (Å²) in [4.78, 5) is 20.4. The SMILES string of the molecule is CCOc1ccc(NC(=S)N(CCCN(CC)CC)Cc2cc3ccc(OC)cc3[nH]c2=O)cc1. The van der Waals surface area contributed by atoms with Crippen molar-refractivity contribution in [3.8, 4) is 11.5 Å². The molecule has 0 saturated carbocycles. The molecule has 0 saturated heterocycles. The van der Waals surface area contributed by atoms with Crippen molar-refractivity contribution in [3.05, 3.63) is 64.4 Å². The second-order valence-electron chi connectivity index (χ2n) is 8.27. The summed E-state index contributed by atoms with van der Waals surface area (Å²) >= 11 is 5.79. The second kappa shape index (κ2) is 13.1. The molecule has 0 radical (unpaired) electrons. The number of nitrogens with zero attached hydrogens (tertiary/aromatic N) is 2. The van der Waals surface area contributed by atoms with E-state index in [-0.39, 0.29) is 5.56 Å².